The van der Waals surface area contributed by atoms with Crippen molar-refractivity contribution in [1.29, 1.82) is 0 Å². The van der Waals surface area contributed by atoms with Crippen LogP contribution in [0.15, 0.2) is 39.7 Å². The van der Waals surface area contributed by atoms with Crippen LogP contribution in [0, 0.1) is 6.92 Å². The van der Waals surface area contributed by atoms with Crippen LogP contribution >= 0.6 is 0 Å². The molecule has 12 heteroatoms. The fourth-order valence-electron chi connectivity index (χ4n) is 6.19. The van der Waals surface area contributed by atoms with Crippen LogP contribution in [0.1, 0.15) is 54.4 Å². The number of carbonyl (C=O) groups is 3. The largest absolute Gasteiger partial charge is 0.492 e. The zero-order valence-electron chi connectivity index (χ0n) is 24.3. The number of ether oxygens (including phenoxy) is 1. The number of hydrogen-bond donors (Lipinski definition) is 1. The van der Waals surface area contributed by atoms with E-state index in [0.29, 0.717) is 17.3 Å². The van der Waals surface area contributed by atoms with Gasteiger partial charge in [-0.05, 0) is 64.3 Å². The average molecular weight is 589 g/mol. The Morgan fingerprint density at radius 1 is 1.09 bits per heavy atom. The fraction of sp³-hybridized carbons (Fsp3) is 0.484. The summed E-state index contributed by atoms with van der Waals surface area (Å²) in [5.74, 6) is 0.404. The number of likely N-dealkylation sites (tertiary alicyclic amines) is 1. The second-order valence-electron chi connectivity index (χ2n) is 11.4. The normalized spacial score (nSPS) is 17.6. The first kappa shape index (κ1) is 28.8. The van der Waals surface area contributed by atoms with E-state index < -0.39 is 17.7 Å². The van der Waals surface area contributed by atoms with E-state index >= 15 is 0 Å². The standard InChI is InChI=1S/C31H36N6O6/c1-20-23(31(41)36-13-3-2-4-26(36)33-20)11-16-35-14-9-21(10-15-35)30-24-6-5-22(18-25(24)43-34-30)42-17-12-32-27(38)19-37-28(39)7-8-29(37)40/h5-8,18,21H,2-4,9-17,19H2,1H3,(H,32,38). The lowest BCUT2D eigenvalue weighted by Crippen LogP contribution is -2.41. The van der Waals surface area contributed by atoms with E-state index in [4.69, 9.17) is 14.2 Å². The molecule has 1 N–H and O–H groups in total. The van der Waals surface area contributed by atoms with E-state index in [0.717, 1.165) is 110 Å². The Kier molecular flexibility index (Phi) is 8.37. The topological polar surface area (TPSA) is 140 Å². The third-order valence-electron chi connectivity index (χ3n) is 8.60. The van der Waals surface area contributed by atoms with E-state index in [9.17, 15) is 19.2 Å². The third kappa shape index (κ3) is 6.24. The van der Waals surface area contributed by atoms with Crippen molar-refractivity contribution in [2.24, 2.45) is 0 Å². The Morgan fingerprint density at radius 2 is 1.88 bits per heavy atom. The molecular weight excluding hydrogens is 552 g/mol. The second-order valence-corrected chi connectivity index (χ2v) is 11.4. The quantitative estimate of drug-likeness (QED) is 0.278. The Morgan fingerprint density at radius 3 is 2.67 bits per heavy atom. The maximum absolute atomic E-state index is 13.1. The third-order valence-corrected chi connectivity index (χ3v) is 8.60. The summed E-state index contributed by atoms with van der Waals surface area (Å²) in [7, 11) is 0. The molecule has 0 spiro atoms. The zero-order valence-corrected chi connectivity index (χ0v) is 24.3. The fourth-order valence-corrected chi connectivity index (χ4v) is 6.19. The first-order valence-electron chi connectivity index (χ1n) is 15.0. The summed E-state index contributed by atoms with van der Waals surface area (Å²) < 4.78 is 13.3. The number of fused-ring (bicyclic) bond motifs is 2. The van der Waals surface area contributed by atoms with Crippen LogP contribution in [0.4, 0.5) is 0 Å². The maximum atomic E-state index is 13.1. The summed E-state index contributed by atoms with van der Waals surface area (Å²) in [5.41, 5.74) is 3.48. The van der Waals surface area contributed by atoms with Gasteiger partial charge in [0.2, 0.25) is 5.91 Å². The number of carbonyl (C=O) groups excluding carboxylic acids is 3. The lowest BCUT2D eigenvalue weighted by atomic mass is 9.91. The Balaban J connectivity index is 0.969. The first-order valence-corrected chi connectivity index (χ1v) is 15.0. The van der Waals surface area contributed by atoms with Gasteiger partial charge in [-0.25, -0.2) is 4.98 Å². The van der Waals surface area contributed by atoms with Crippen molar-refractivity contribution in [1.82, 2.24) is 29.8 Å². The zero-order chi connectivity index (χ0) is 29.9. The summed E-state index contributed by atoms with van der Waals surface area (Å²) in [4.78, 5) is 56.3. The SMILES string of the molecule is Cc1nc2n(c(=O)c1CCN1CCC(c3noc4cc(OCCNC(=O)CN5C(=O)C=CC5=O)ccc34)CC1)CCCC2. The molecule has 226 valence electrons. The van der Waals surface area contributed by atoms with Crippen LogP contribution in [0.25, 0.3) is 11.0 Å². The van der Waals surface area contributed by atoms with Gasteiger partial charge in [-0.2, -0.15) is 0 Å². The molecule has 0 bridgehead atoms. The Bertz CT molecular complexity index is 1620. The van der Waals surface area contributed by atoms with E-state index in [-0.39, 0.29) is 25.3 Å². The smallest absolute Gasteiger partial charge is 0.256 e. The number of benzene rings is 1. The van der Waals surface area contributed by atoms with Gasteiger partial charge in [0, 0.05) is 60.3 Å². The molecule has 3 amide bonds. The van der Waals surface area contributed by atoms with Crippen LogP contribution in [0.5, 0.6) is 5.75 Å². The molecule has 43 heavy (non-hydrogen) atoms. The maximum Gasteiger partial charge on any atom is 0.256 e. The molecule has 6 rings (SSSR count). The van der Waals surface area contributed by atoms with Crippen LogP contribution < -0.4 is 15.6 Å². The molecule has 0 aliphatic carbocycles. The van der Waals surface area contributed by atoms with Crippen LogP contribution in [0.3, 0.4) is 0 Å². The van der Waals surface area contributed by atoms with Gasteiger partial charge in [0.15, 0.2) is 5.58 Å². The van der Waals surface area contributed by atoms with Crippen molar-refractivity contribution >= 4 is 28.7 Å². The predicted molar refractivity (Wildman–Crippen MR) is 157 cm³/mol. The molecule has 12 nitrogen and oxygen atoms in total. The van der Waals surface area contributed by atoms with E-state index in [1.807, 2.05) is 23.6 Å². The van der Waals surface area contributed by atoms with Crippen LogP contribution in [-0.4, -0.2) is 81.6 Å². The summed E-state index contributed by atoms with van der Waals surface area (Å²) in [6.45, 7) is 5.57. The number of amides is 3. The molecule has 1 saturated heterocycles. The van der Waals surface area contributed by atoms with Crippen molar-refractivity contribution in [3.63, 3.8) is 0 Å². The van der Waals surface area contributed by atoms with Crippen molar-refractivity contribution in [3.8, 4) is 5.75 Å². The lowest BCUT2D eigenvalue weighted by molar-refractivity contribution is -0.141. The summed E-state index contributed by atoms with van der Waals surface area (Å²) >= 11 is 0. The number of imide groups is 1. The molecule has 0 unspecified atom stereocenters. The highest BCUT2D eigenvalue weighted by Crippen LogP contribution is 2.34. The van der Waals surface area contributed by atoms with Gasteiger partial charge in [0.05, 0.1) is 12.2 Å². The Labute approximate surface area is 248 Å². The van der Waals surface area contributed by atoms with Crippen LogP contribution in [-0.2, 0) is 33.8 Å². The number of nitrogens with zero attached hydrogens (tertiary/aromatic N) is 5. The average Bonchev–Trinajstić information content (AvgIpc) is 3.57. The second kappa shape index (κ2) is 12.5. The van der Waals surface area contributed by atoms with Gasteiger partial charge >= 0.3 is 0 Å². The van der Waals surface area contributed by atoms with Crippen molar-refractivity contribution in [2.75, 3.05) is 39.3 Å². The highest BCUT2D eigenvalue weighted by Gasteiger charge is 2.27. The molecule has 1 fully saturated rings. The minimum Gasteiger partial charge on any atom is -0.492 e. The molecule has 3 aromatic rings. The number of hydrogen-bond acceptors (Lipinski definition) is 9. The van der Waals surface area contributed by atoms with E-state index in [2.05, 4.69) is 15.4 Å². The predicted octanol–water partition coefficient (Wildman–Crippen LogP) is 1.87. The van der Waals surface area contributed by atoms with Gasteiger partial charge in [-0.3, -0.25) is 28.6 Å². The molecule has 2 aromatic heterocycles. The first-order chi connectivity index (χ1) is 20.9. The summed E-state index contributed by atoms with van der Waals surface area (Å²) in [6.07, 6.45) is 7.98. The molecule has 1 aromatic carbocycles. The molecule has 3 aliphatic rings. The molecule has 0 atom stereocenters. The minimum absolute atomic E-state index is 0.143. The van der Waals surface area contributed by atoms with E-state index in [1.54, 1.807) is 6.07 Å². The highest BCUT2D eigenvalue weighted by molar-refractivity contribution is 6.14. The monoisotopic (exact) mass is 588 g/mol. The molecule has 0 saturated carbocycles. The summed E-state index contributed by atoms with van der Waals surface area (Å²) in [6, 6.07) is 5.61. The van der Waals surface area contributed by atoms with Gasteiger partial charge < -0.3 is 19.5 Å². The lowest BCUT2D eigenvalue weighted by Gasteiger charge is -2.31. The molecular formula is C31H36N6O6. The van der Waals surface area contributed by atoms with E-state index in [1.165, 1.54) is 0 Å². The van der Waals surface area contributed by atoms with Gasteiger partial charge in [-0.1, -0.05) is 5.16 Å². The van der Waals surface area contributed by atoms with Crippen molar-refractivity contribution < 1.29 is 23.6 Å². The molecule has 5 heterocycles. The van der Waals surface area contributed by atoms with Crippen molar-refractivity contribution in [2.45, 2.75) is 57.9 Å². The van der Waals surface area contributed by atoms with Gasteiger partial charge in [0.1, 0.15) is 24.7 Å². The molecule has 3 aliphatic heterocycles. The number of aromatic nitrogens is 3. The Hall–Kier alpha value is -4.32. The van der Waals surface area contributed by atoms with Gasteiger partial charge in [0.25, 0.3) is 17.4 Å². The van der Waals surface area contributed by atoms with Crippen molar-refractivity contribution in [3.05, 3.63) is 63.5 Å². The van der Waals surface area contributed by atoms with Crippen LogP contribution in [0.2, 0.25) is 0 Å². The number of piperidine rings is 1. The number of rotatable bonds is 10. The van der Waals surface area contributed by atoms with Gasteiger partial charge in [-0.15, -0.1) is 0 Å². The summed E-state index contributed by atoms with van der Waals surface area (Å²) in [5, 5.41) is 8.02. The number of nitrogens with one attached hydrogen (secondary N) is 1. The minimum atomic E-state index is -0.492. The number of aryl methyl sites for hydroxylation is 2. The molecule has 0 radical (unpaired) electrons. The highest BCUT2D eigenvalue weighted by atomic mass is 16.5.